The molecule has 0 bridgehead atoms. The first-order valence-electron chi connectivity index (χ1n) is 14.2. The Morgan fingerprint density at radius 3 is 2.51 bits per heavy atom. The Bertz CT molecular complexity index is 1080. The number of nitrogens with zero attached hydrogens (tertiary/aromatic N) is 1. The molecule has 2 aliphatic rings. The van der Waals surface area contributed by atoms with Gasteiger partial charge >= 0.3 is 0 Å². The summed E-state index contributed by atoms with van der Waals surface area (Å²) in [6.45, 7) is 12.9. The lowest BCUT2D eigenvalue weighted by atomic mass is 9.72. The van der Waals surface area contributed by atoms with Crippen LogP contribution >= 0.6 is 0 Å². The minimum Gasteiger partial charge on any atom is -0.489 e. The number of nitrogen functional groups attached to an aromatic ring is 1. The van der Waals surface area contributed by atoms with Crippen molar-refractivity contribution in [1.82, 2.24) is 0 Å². The van der Waals surface area contributed by atoms with Crippen molar-refractivity contribution in [2.45, 2.75) is 116 Å². The molecular formula is C31H46N2O6. The molecule has 3 rings (SSSR count). The molecule has 0 aromatic heterocycles. The zero-order chi connectivity index (χ0) is 29.1. The zero-order valence-corrected chi connectivity index (χ0v) is 24.5. The van der Waals surface area contributed by atoms with E-state index in [-0.39, 0.29) is 54.1 Å². The van der Waals surface area contributed by atoms with E-state index in [4.69, 9.17) is 15.2 Å². The maximum absolute atomic E-state index is 13.4. The van der Waals surface area contributed by atoms with Gasteiger partial charge in [0.1, 0.15) is 23.4 Å². The van der Waals surface area contributed by atoms with Gasteiger partial charge in [0.2, 0.25) is 0 Å². The molecule has 1 aliphatic carbocycles. The van der Waals surface area contributed by atoms with Gasteiger partial charge in [0.25, 0.3) is 0 Å². The van der Waals surface area contributed by atoms with E-state index in [1.807, 2.05) is 58.0 Å². The number of nitroso groups, excluding NO2 is 1. The molecule has 3 N–H and O–H groups in total. The number of hydrogen-bond acceptors (Lipinski definition) is 8. The number of hydrogen-bond donors (Lipinski definition) is 2. The number of benzene rings is 1. The van der Waals surface area contributed by atoms with Crippen LogP contribution in [0.4, 0.5) is 5.69 Å². The molecule has 0 amide bonds. The van der Waals surface area contributed by atoms with Crippen molar-refractivity contribution in [1.29, 1.82) is 0 Å². The predicted octanol–water partition coefficient (Wildman–Crippen LogP) is 5.75. The molecule has 1 aromatic carbocycles. The number of epoxide rings is 1. The van der Waals surface area contributed by atoms with Gasteiger partial charge in [-0.05, 0) is 56.7 Å². The van der Waals surface area contributed by atoms with Gasteiger partial charge in [0.15, 0.2) is 0 Å². The number of nitrogens with two attached hydrogens (primary N) is 1. The predicted molar refractivity (Wildman–Crippen MR) is 153 cm³/mol. The molecule has 0 spiro atoms. The highest BCUT2D eigenvalue weighted by molar-refractivity contribution is 5.88. The molecular weight excluding hydrogens is 496 g/mol. The van der Waals surface area contributed by atoms with Gasteiger partial charge < -0.3 is 20.3 Å². The molecule has 0 radical (unpaired) electrons. The second kappa shape index (κ2) is 12.3. The average Bonchev–Trinajstić information content (AvgIpc) is 3.52. The number of fused-ring (bicyclic) bond motifs is 1. The number of aliphatic hydroxyl groups is 1. The van der Waals surface area contributed by atoms with Crippen LogP contribution in [-0.4, -0.2) is 46.6 Å². The van der Waals surface area contributed by atoms with Crippen LogP contribution < -0.4 is 10.5 Å². The lowest BCUT2D eigenvalue weighted by Crippen LogP contribution is -2.45. The Kier molecular flexibility index (Phi) is 9.76. The molecule has 216 valence electrons. The van der Waals surface area contributed by atoms with Crippen LogP contribution in [0, 0.1) is 22.2 Å². The number of ether oxygens (including phenoxy) is 2. The lowest BCUT2D eigenvalue weighted by molar-refractivity contribution is -0.139. The smallest absolute Gasteiger partial charge is 0.146 e. The Morgan fingerprint density at radius 2 is 1.90 bits per heavy atom. The summed E-state index contributed by atoms with van der Waals surface area (Å²) in [7, 11) is 0. The third-order valence-electron chi connectivity index (χ3n) is 8.85. The van der Waals surface area contributed by atoms with Crippen LogP contribution in [0.5, 0.6) is 5.75 Å². The Labute approximate surface area is 232 Å². The summed E-state index contributed by atoms with van der Waals surface area (Å²) >= 11 is 0. The number of Topliss-reactive ketones (excluding diaryl/α,β-unsaturated/α-hetero) is 2. The van der Waals surface area contributed by atoms with Gasteiger partial charge in [-0.3, -0.25) is 9.59 Å². The van der Waals surface area contributed by atoms with Crippen molar-refractivity contribution in [3.8, 4) is 5.75 Å². The fourth-order valence-corrected chi connectivity index (χ4v) is 5.60. The highest BCUT2D eigenvalue weighted by atomic mass is 16.6. The van der Waals surface area contributed by atoms with Crippen LogP contribution in [0.25, 0.3) is 0 Å². The van der Waals surface area contributed by atoms with Gasteiger partial charge in [-0.1, -0.05) is 58.0 Å². The number of carbonyl (C=O) groups is 2. The molecule has 8 atom stereocenters. The first-order valence-corrected chi connectivity index (χ1v) is 14.2. The van der Waals surface area contributed by atoms with Gasteiger partial charge in [0, 0.05) is 24.7 Å². The summed E-state index contributed by atoms with van der Waals surface area (Å²) in [5.74, 6) is -0.953. The Hall–Kier alpha value is -2.58. The summed E-state index contributed by atoms with van der Waals surface area (Å²) in [6.07, 6.45) is 4.84. The lowest BCUT2D eigenvalue weighted by Gasteiger charge is -2.33. The summed E-state index contributed by atoms with van der Waals surface area (Å²) < 4.78 is 12.0. The monoisotopic (exact) mass is 542 g/mol. The first kappa shape index (κ1) is 31.0. The zero-order valence-electron chi connectivity index (χ0n) is 24.5. The van der Waals surface area contributed by atoms with Crippen LogP contribution in [0.2, 0.25) is 0 Å². The molecule has 1 aromatic rings. The van der Waals surface area contributed by atoms with E-state index in [9.17, 15) is 19.6 Å². The van der Waals surface area contributed by atoms with Crippen molar-refractivity contribution < 1.29 is 24.2 Å². The van der Waals surface area contributed by atoms with Crippen molar-refractivity contribution in [3.05, 3.63) is 40.8 Å². The van der Waals surface area contributed by atoms with E-state index >= 15 is 0 Å². The Morgan fingerprint density at radius 1 is 1.21 bits per heavy atom. The third-order valence-corrected chi connectivity index (χ3v) is 8.85. The van der Waals surface area contributed by atoms with Gasteiger partial charge in [-0.25, -0.2) is 0 Å². The van der Waals surface area contributed by atoms with Gasteiger partial charge in [0.05, 0.1) is 35.0 Å². The summed E-state index contributed by atoms with van der Waals surface area (Å²) in [5, 5.41) is 14.3. The van der Waals surface area contributed by atoms with Crippen molar-refractivity contribution >= 4 is 17.3 Å². The van der Waals surface area contributed by atoms with E-state index < -0.39 is 23.5 Å². The van der Waals surface area contributed by atoms with Crippen LogP contribution in [0.15, 0.2) is 35.5 Å². The molecule has 1 saturated heterocycles. The summed E-state index contributed by atoms with van der Waals surface area (Å²) in [5.41, 5.74) is 6.18. The number of rotatable bonds is 5. The minimum atomic E-state index is -1.22. The fraction of sp³-hybridized carbons (Fsp3) is 0.677. The normalized spacial score (nSPS) is 35.5. The second-order valence-corrected chi connectivity index (χ2v) is 12.4. The van der Waals surface area contributed by atoms with Crippen LogP contribution in [0.1, 0.15) is 92.1 Å². The molecule has 1 fully saturated rings. The highest BCUT2D eigenvalue weighted by Gasteiger charge is 2.52. The van der Waals surface area contributed by atoms with E-state index in [2.05, 4.69) is 5.18 Å². The second-order valence-electron chi connectivity index (χ2n) is 12.4. The first-order chi connectivity index (χ1) is 18.2. The highest BCUT2D eigenvalue weighted by Crippen LogP contribution is 2.46. The van der Waals surface area contributed by atoms with Crippen LogP contribution in [0.3, 0.4) is 0 Å². The minimum absolute atomic E-state index is 0.0339. The van der Waals surface area contributed by atoms with Crippen LogP contribution in [-0.2, 0) is 14.3 Å². The van der Waals surface area contributed by atoms with Gasteiger partial charge in [-0.2, -0.15) is 4.91 Å². The quantitative estimate of drug-likeness (QED) is 0.210. The maximum atomic E-state index is 13.4. The van der Waals surface area contributed by atoms with Crippen molar-refractivity contribution in [3.63, 3.8) is 0 Å². The topological polar surface area (TPSA) is 132 Å². The molecule has 3 unspecified atom stereocenters. The summed E-state index contributed by atoms with van der Waals surface area (Å²) in [4.78, 5) is 38.5. The van der Waals surface area contributed by atoms with Gasteiger partial charge in [-0.15, -0.1) is 0 Å². The molecule has 0 saturated carbocycles. The number of carbonyl (C=O) groups excluding carboxylic acids is 2. The maximum Gasteiger partial charge on any atom is 0.146 e. The number of aliphatic hydroxyl groups excluding tert-OH is 1. The van der Waals surface area contributed by atoms with E-state index in [1.165, 1.54) is 0 Å². The van der Waals surface area contributed by atoms with Crippen molar-refractivity contribution in [2.75, 3.05) is 5.73 Å². The third kappa shape index (κ3) is 7.14. The fourth-order valence-electron chi connectivity index (χ4n) is 5.60. The molecule has 8 nitrogen and oxygen atoms in total. The standard InChI is InChI=1S/C31H46N2O6/c1-8-19(3)38-25-12-11-21(15-24(25)32)22-14-23(34)17-26(35)30(5,6)29(36)20(4)28(33-37)18(2)10-9-13-31(7)27(16-22)39-31/h9-12,15,18-20,22,26-28,35H,8,13-14,16-17,32H2,1-7H3/b10-9+/t18-,19?,20+,22-,26-,27?,28-,31?/m0/s1. The average molecular weight is 543 g/mol. The number of anilines is 1. The molecule has 39 heavy (non-hydrogen) atoms. The SMILES string of the molecule is CCC(C)Oc1ccc([C@H]2CC(=O)C[C@H](O)C(C)(C)C(=O)[C@H](C)[C@@H](N=O)[C@@H](C)/C=C/CC3(C)OC3C2)cc1N. The van der Waals surface area contributed by atoms with E-state index in [0.717, 1.165) is 12.0 Å². The number of ketones is 2. The molecule has 1 aliphatic heterocycles. The van der Waals surface area contributed by atoms with E-state index in [0.29, 0.717) is 24.3 Å². The Balaban J connectivity index is 1.92. The largest absolute Gasteiger partial charge is 0.489 e. The van der Waals surface area contributed by atoms with Crippen molar-refractivity contribution in [2.24, 2.45) is 22.4 Å². The molecule has 8 heteroatoms. The summed E-state index contributed by atoms with van der Waals surface area (Å²) in [6, 6.07) is 4.90. The molecule has 1 heterocycles. The van der Waals surface area contributed by atoms with E-state index in [1.54, 1.807) is 20.8 Å².